The first-order valence-electron chi connectivity index (χ1n) is 14.9. The summed E-state index contributed by atoms with van der Waals surface area (Å²) < 4.78 is 24.6. The van der Waals surface area contributed by atoms with Gasteiger partial charge in [0.05, 0.1) is 24.5 Å². The Labute approximate surface area is 253 Å². The molecule has 0 bridgehead atoms. The van der Waals surface area contributed by atoms with Crippen molar-refractivity contribution in [2.75, 3.05) is 31.9 Å². The molecule has 10 heteroatoms. The van der Waals surface area contributed by atoms with Crippen LogP contribution in [0.4, 0.5) is 5.69 Å². The molecule has 0 aromatic heterocycles. The summed E-state index contributed by atoms with van der Waals surface area (Å²) in [6.45, 7) is 19.2. The highest BCUT2D eigenvalue weighted by Crippen LogP contribution is 2.42. The molecule has 0 saturated carbocycles. The molecule has 0 N–H and O–H groups in total. The minimum absolute atomic E-state index is 0.0212. The lowest BCUT2D eigenvalue weighted by molar-refractivity contribution is -0.123. The molecule has 2 aromatic carbocycles. The van der Waals surface area contributed by atoms with Crippen LogP contribution in [0.2, 0.25) is 43.8 Å². The molecule has 0 aliphatic carbocycles. The van der Waals surface area contributed by atoms with E-state index in [1.165, 1.54) is 0 Å². The number of rotatable bonds is 11. The predicted molar refractivity (Wildman–Crippen MR) is 172 cm³/mol. The molecular weight excluding hydrogens is 565 g/mol. The normalized spacial score (nSPS) is 19.5. The van der Waals surface area contributed by atoms with Gasteiger partial charge in [0.2, 0.25) is 0 Å². The molecule has 2 aliphatic rings. The fraction of sp³-hybridized carbons (Fsp3) is 0.562. The smallest absolute Gasteiger partial charge is 0.256 e. The van der Waals surface area contributed by atoms with Gasteiger partial charge in [-0.1, -0.05) is 70.7 Å². The number of fused-ring (bicyclic) bond motifs is 2. The maximum absolute atomic E-state index is 14.2. The Balaban J connectivity index is 1.68. The Morgan fingerprint density at radius 2 is 1.67 bits per heavy atom. The van der Waals surface area contributed by atoms with E-state index in [9.17, 15) is 9.59 Å². The van der Waals surface area contributed by atoms with Gasteiger partial charge < -0.3 is 23.5 Å². The van der Waals surface area contributed by atoms with E-state index in [0.717, 1.165) is 11.6 Å². The lowest BCUT2D eigenvalue weighted by Gasteiger charge is -2.38. The van der Waals surface area contributed by atoms with Crippen molar-refractivity contribution in [1.29, 1.82) is 0 Å². The van der Waals surface area contributed by atoms with Crippen molar-refractivity contribution in [3.8, 4) is 11.5 Å². The molecule has 1 fully saturated rings. The molecule has 0 unspecified atom stereocenters. The third-order valence-electron chi connectivity index (χ3n) is 8.60. The monoisotopic (exact) mass is 612 g/mol. The number of amides is 2. The average molecular weight is 613 g/mol. The summed E-state index contributed by atoms with van der Waals surface area (Å²) in [4.78, 5) is 31.6. The first-order chi connectivity index (χ1) is 19.6. The van der Waals surface area contributed by atoms with Gasteiger partial charge in [-0.05, 0) is 35.8 Å². The lowest BCUT2D eigenvalue weighted by Crippen LogP contribution is -2.45. The van der Waals surface area contributed by atoms with Crippen LogP contribution in [0.3, 0.4) is 0 Å². The minimum Gasteiger partial charge on any atom is -0.493 e. The van der Waals surface area contributed by atoms with Crippen molar-refractivity contribution in [3.63, 3.8) is 0 Å². The summed E-state index contributed by atoms with van der Waals surface area (Å²) in [5.41, 5.74) is 1.89. The van der Waals surface area contributed by atoms with Crippen molar-refractivity contribution >= 4 is 33.9 Å². The Kier molecular flexibility index (Phi) is 9.61. The largest absolute Gasteiger partial charge is 0.493 e. The van der Waals surface area contributed by atoms with E-state index in [1.54, 1.807) is 29.0 Å². The second kappa shape index (κ2) is 12.5. The second-order valence-corrected chi connectivity index (χ2v) is 24.5. The van der Waals surface area contributed by atoms with E-state index in [1.807, 2.05) is 30.3 Å². The van der Waals surface area contributed by atoms with Crippen LogP contribution in [0.5, 0.6) is 11.5 Å². The maximum Gasteiger partial charge on any atom is 0.256 e. The molecule has 230 valence electrons. The van der Waals surface area contributed by atoms with E-state index >= 15 is 0 Å². The van der Waals surface area contributed by atoms with E-state index in [0.29, 0.717) is 48.9 Å². The molecule has 1 saturated heterocycles. The van der Waals surface area contributed by atoms with Crippen molar-refractivity contribution in [2.45, 2.75) is 89.8 Å². The van der Waals surface area contributed by atoms with Gasteiger partial charge in [0, 0.05) is 33.7 Å². The summed E-state index contributed by atoms with van der Waals surface area (Å²) in [5.74, 6) is 0.545. The van der Waals surface area contributed by atoms with Gasteiger partial charge in [-0.25, -0.2) is 0 Å². The second-order valence-electron chi connectivity index (χ2n) is 14.1. The quantitative estimate of drug-likeness (QED) is 0.212. The maximum atomic E-state index is 14.2. The van der Waals surface area contributed by atoms with E-state index < -0.39 is 22.4 Å². The molecular formula is C32H48N2O6Si2. The van der Waals surface area contributed by atoms with Crippen molar-refractivity contribution < 1.29 is 28.2 Å². The molecule has 0 radical (unpaired) electrons. The summed E-state index contributed by atoms with van der Waals surface area (Å²) in [6, 6.07) is 13.6. The number of hydrogen-bond donors (Lipinski definition) is 0. The number of nitrogens with zero attached hydrogens (tertiary/aromatic N) is 2. The topological polar surface area (TPSA) is 77.5 Å². The van der Waals surface area contributed by atoms with E-state index in [-0.39, 0.29) is 29.7 Å². The molecule has 2 heterocycles. The SMILES string of the molecule is COc1cc2c(cc1OCc1ccccc1)N(COCC[Si](C)(C)C)C(=O)[C@@H]1C[C@@H](O[Si](C)(C)C(C)(C)C)CN1C2=O. The fourth-order valence-corrected chi connectivity index (χ4v) is 7.12. The van der Waals surface area contributed by atoms with Gasteiger partial charge >= 0.3 is 0 Å². The van der Waals surface area contributed by atoms with E-state index in [2.05, 4.69) is 53.5 Å². The number of ether oxygens (including phenoxy) is 3. The summed E-state index contributed by atoms with van der Waals surface area (Å²) in [5, 5.41) is 0.0212. The Morgan fingerprint density at radius 1 is 0.976 bits per heavy atom. The zero-order chi connectivity index (χ0) is 30.9. The highest BCUT2D eigenvalue weighted by atomic mass is 28.4. The highest BCUT2D eigenvalue weighted by molar-refractivity contribution is 6.76. The van der Waals surface area contributed by atoms with Gasteiger partial charge in [-0.2, -0.15) is 0 Å². The highest BCUT2D eigenvalue weighted by Gasteiger charge is 2.49. The lowest BCUT2D eigenvalue weighted by atomic mass is 10.1. The summed E-state index contributed by atoms with van der Waals surface area (Å²) >= 11 is 0. The minimum atomic E-state index is -2.10. The van der Waals surface area contributed by atoms with Gasteiger partial charge in [-0.3, -0.25) is 14.5 Å². The van der Waals surface area contributed by atoms with Crippen LogP contribution in [0.15, 0.2) is 42.5 Å². The first-order valence-corrected chi connectivity index (χ1v) is 21.5. The van der Waals surface area contributed by atoms with Crippen molar-refractivity contribution in [3.05, 3.63) is 53.6 Å². The molecule has 8 nitrogen and oxygen atoms in total. The van der Waals surface area contributed by atoms with Crippen LogP contribution in [0.25, 0.3) is 0 Å². The van der Waals surface area contributed by atoms with Crippen LogP contribution in [0.1, 0.15) is 43.1 Å². The zero-order valence-electron chi connectivity index (χ0n) is 26.8. The Bertz CT molecular complexity index is 1270. The number of anilines is 1. The summed E-state index contributed by atoms with van der Waals surface area (Å²) in [7, 11) is -1.87. The molecule has 2 aliphatic heterocycles. The molecule has 2 amide bonds. The molecule has 2 aromatic rings. The van der Waals surface area contributed by atoms with Gasteiger partial charge in [0.25, 0.3) is 11.8 Å². The third kappa shape index (κ3) is 7.27. The third-order valence-corrected chi connectivity index (χ3v) is 14.8. The number of methoxy groups -OCH3 is 1. The van der Waals surface area contributed by atoms with Crippen LogP contribution in [-0.4, -0.2) is 72.2 Å². The van der Waals surface area contributed by atoms with Crippen LogP contribution in [-0.2, 0) is 20.6 Å². The number of hydrogen-bond acceptors (Lipinski definition) is 6. The molecule has 0 spiro atoms. The van der Waals surface area contributed by atoms with Crippen molar-refractivity contribution in [1.82, 2.24) is 4.90 Å². The standard InChI is InChI=1S/C32H48N2O6Si2/c1-32(2,3)42(8,9)40-24-17-27-31(36)34(22-38-15-16-41(5,6)7)26-19-29(39-21-23-13-11-10-12-14-23)28(37-4)18-25(26)30(35)33(27)20-24/h10-14,18-19,24,27H,15-17,20-22H2,1-9H3/t24-,27+/m1/s1. The first kappa shape index (κ1) is 32.3. The Hall–Kier alpha value is -2.67. The Morgan fingerprint density at radius 3 is 2.29 bits per heavy atom. The van der Waals surface area contributed by atoms with Crippen LogP contribution in [0, 0.1) is 0 Å². The van der Waals surface area contributed by atoms with Crippen LogP contribution >= 0.6 is 0 Å². The van der Waals surface area contributed by atoms with E-state index in [4.69, 9.17) is 18.6 Å². The predicted octanol–water partition coefficient (Wildman–Crippen LogP) is 6.54. The van der Waals surface area contributed by atoms with Crippen LogP contribution < -0.4 is 14.4 Å². The summed E-state index contributed by atoms with van der Waals surface area (Å²) in [6.07, 6.45) is 0.265. The van der Waals surface area contributed by atoms with Gasteiger partial charge in [0.15, 0.2) is 19.8 Å². The fourth-order valence-electron chi connectivity index (χ4n) is 5.01. The van der Waals surface area contributed by atoms with Gasteiger partial charge in [-0.15, -0.1) is 0 Å². The average Bonchev–Trinajstić information content (AvgIpc) is 3.30. The molecule has 42 heavy (non-hydrogen) atoms. The molecule has 4 rings (SSSR count). The number of benzene rings is 2. The number of carbonyl (C=O) groups is 2. The van der Waals surface area contributed by atoms with Gasteiger partial charge in [0.1, 0.15) is 19.4 Å². The zero-order valence-corrected chi connectivity index (χ0v) is 28.8. The molecule has 2 atom stereocenters. The number of carbonyl (C=O) groups excluding carboxylic acids is 2. The van der Waals surface area contributed by atoms with Crippen molar-refractivity contribution in [2.24, 2.45) is 0 Å².